The lowest BCUT2D eigenvalue weighted by Gasteiger charge is -2.09. The van der Waals surface area contributed by atoms with Gasteiger partial charge in [0.2, 0.25) is 0 Å². The maximum absolute atomic E-state index is 13.1. The minimum Gasteiger partial charge on any atom is -0.471 e. The van der Waals surface area contributed by atoms with Gasteiger partial charge in [-0.2, -0.15) is 5.10 Å². The average molecular weight is 471 g/mol. The number of halogens is 2. The van der Waals surface area contributed by atoms with Gasteiger partial charge in [0, 0.05) is 11.6 Å². The van der Waals surface area contributed by atoms with Crippen LogP contribution in [0.2, 0.25) is 0 Å². The molecule has 33 heavy (non-hydrogen) atoms. The van der Waals surface area contributed by atoms with Crippen LogP contribution in [0.25, 0.3) is 10.2 Å². The van der Waals surface area contributed by atoms with Gasteiger partial charge in [-0.1, -0.05) is 18.2 Å². The Morgan fingerprint density at radius 2 is 1.97 bits per heavy atom. The summed E-state index contributed by atoms with van der Waals surface area (Å²) in [5, 5.41) is 7.23. The van der Waals surface area contributed by atoms with E-state index in [1.165, 1.54) is 16.8 Å². The molecular formula is C22H19F2N5O3S. The third kappa shape index (κ3) is 4.53. The van der Waals surface area contributed by atoms with Gasteiger partial charge in [0.15, 0.2) is 12.4 Å². The fourth-order valence-corrected chi connectivity index (χ4v) is 4.36. The van der Waals surface area contributed by atoms with Crippen molar-refractivity contribution in [2.45, 2.75) is 27.0 Å². The standard InChI is InChI=1S/C22H19F2N5O3S/c1-11-5-3-4-6-15(11)32-10-29-8-7-13(28-29)21(31)27-17-16-12(2)9-14(19(23)24)26-22(16)33-18(17)20(25)30/h3-9,19H,10H2,1-2H3,(H2,25,30)(H,27,31). The number of aromatic nitrogens is 3. The summed E-state index contributed by atoms with van der Waals surface area (Å²) in [5.74, 6) is -0.700. The van der Waals surface area contributed by atoms with Gasteiger partial charge >= 0.3 is 0 Å². The zero-order valence-electron chi connectivity index (χ0n) is 17.6. The number of anilines is 1. The number of nitrogens with one attached hydrogen (secondary N) is 1. The van der Waals surface area contributed by atoms with E-state index in [1.807, 2.05) is 31.2 Å². The van der Waals surface area contributed by atoms with Crippen LogP contribution < -0.4 is 15.8 Å². The molecule has 4 aromatic rings. The lowest BCUT2D eigenvalue weighted by molar-refractivity contribution is 0.100. The van der Waals surface area contributed by atoms with Gasteiger partial charge in [0.05, 0.1) is 5.69 Å². The molecule has 0 unspecified atom stereocenters. The molecule has 1 aromatic carbocycles. The molecule has 2 amide bonds. The smallest absolute Gasteiger partial charge is 0.280 e. The number of hydrogen-bond donors (Lipinski definition) is 2. The van der Waals surface area contributed by atoms with Crippen LogP contribution in [0.15, 0.2) is 42.6 Å². The molecule has 3 heterocycles. The molecule has 0 aliphatic rings. The molecule has 0 bridgehead atoms. The Kier molecular flexibility index (Phi) is 6.05. The van der Waals surface area contributed by atoms with Gasteiger partial charge in [-0.15, -0.1) is 11.3 Å². The number of thiophene rings is 1. The second-order valence-electron chi connectivity index (χ2n) is 7.25. The highest BCUT2D eigenvalue weighted by atomic mass is 32.1. The first-order valence-corrected chi connectivity index (χ1v) is 10.6. The van der Waals surface area contributed by atoms with Crippen molar-refractivity contribution in [3.8, 4) is 5.75 Å². The van der Waals surface area contributed by atoms with Crippen molar-refractivity contribution in [3.63, 3.8) is 0 Å². The van der Waals surface area contributed by atoms with Crippen LogP contribution in [0.1, 0.15) is 43.4 Å². The topological polar surface area (TPSA) is 112 Å². The number of nitrogens with zero attached hydrogens (tertiary/aromatic N) is 3. The van der Waals surface area contributed by atoms with E-state index in [0.717, 1.165) is 16.9 Å². The summed E-state index contributed by atoms with van der Waals surface area (Å²) < 4.78 is 33.4. The van der Waals surface area contributed by atoms with Crippen molar-refractivity contribution >= 4 is 39.1 Å². The third-order valence-electron chi connectivity index (χ3n) is 4.88. The van der Waals surface area contributed by atoms with Gasteiger partial charge in [0.25, 0.3) is 18.2 Å². The number of para-hydroxylation sites is 1. The average Bonchev–Trinajstić information content (AvgIpc) is 3.38. The molecular weight excluding hydrogens is 452 g/mol. The van der Waals surface area contributed by atoms with E-state index < -0.39 is 23.9 Å². The number of carbonyl (C=O) groups excluding carboxylic acids is 2. The number of rotatable bonds is 7. The first kappa shape index (κ1) is 22.3. The molecule has 0 aliphatic heterocycles. The lowest BCUT2D eigenvalue weighted by atomic mass is 10.1. The molecule has 3 aromatic heterocycles. The van der Waals surface area contributed by atoms with Gasteiger partial charge < -0.3 is 15.8 Å². The number of benzene rings is 1. The number of ether oxygens (including phenoxy) is 1. The van der Waals surface area contributed by atoms with Gasteiger partial charge in [0.1, 0.15) is 21.2 Å². The van der Waals surface area contributed by atoms with E-state index in [4.69, 9.17) is 10.5 Å². The molecule has 170 valence electrons. The number of amides is 2. The van der Waals surface area contributed by atoms with Gasteiger partial charge in [-0.3, -0.25) is 9.59 Å². The molecule has 0 aliphatic carbocycles. The first-order valence-electron chi connectivity index (χ1n) is 9.80. The number of fused-ring (bicyclic) bond motifs is 1. The molecule has 0 radical (unpaired) electrons. The Morgan fingerprint density at radius 1 is 1.21 bits per heavy atom. The van der Waals surface area contributed by atoms with E-state index in [0.29, 0.717) is 16.7 Å². The zero-order valence-corrected chi connectivity index (χ0v) is 18.5. The summed E-state index contributed by atoms with van der Waals surface area (Å²) in [6.45, 7) is 3.60. The van der Waals surface area contributed by atoms with Crippen molar-refractivity contribution in [2.75, 3.05) is 5.32 Å². The Morgan fingerprint density at radius 3 is 2.67 bits per heavy atom. The van der Waals surface area contributed by atoms with Gasteiger partial charge in [-0.25, -0.2) is 18.4 Å². The highest BCUT2D eigenvalue weighted by Gasteiger charge is 2.24. The van der Waals surface area contributed by atoms with E-state index in [2.05, 4.69) is 15.4 Å². The van der Waals surface area contributed by atoms with Crippen LogP contribution >= 0.6 is 11.3 Å². The molecule has 0 saturated heterocycles. The number of aryl methyl sites for hydroxylation is 2. The van der Waals surface area contributed by atoms with Crippen LogP contribution in [0.5, 0.6) is 5.75 Å². The van der Waals surface area contributed by atoms with Crippen molar-refractivity contribution in [3.05, 3.63) is 70.0 Å². The third-order valence-corrected chi connectivity index (χ3v) is 5.98. The van der Waals surface area contributed by atoms with Crippen molar-refractivity contribution in [1.29, 1.82) is 0 Å². The van der Waals surface area contributed by atoms with Crippen LogP contribution in [0.3, 0.4) is 0 Å². The quantitative estimate of drug-likeness (QED) is 0.414. The highest BCUT2D eigenvalue weighted by Crippen LogP contribution is 2.38. The van der Waals surface area contributed by atoms with Crippen LogP contribution in [0, 0.1) is 13.8 Å². The summed E-state index contributed by atoms with van der Waals surface area (Å²) in [4.78, 5) is 28.9. The van der Waals surface area contributed by atoms with Crippen LogP contribution in [-0.4, -0.2) is 26.6 Å². The number of nitrogens with two attached hydrogens (primary N) is 1. The molecule has 0 fully saturated rings. The second kappa shape index (κ2) is 8.94. The number of primary amides is 1. The number of pyridine rings is 1. The number of hydrogen-bond acceptors (Lipinski definition) is 6. The van der Waals surface area contributed by atoms with Crippen molar-refractivity contribution < 1.29 is 23.1 Å². The molecule has 8 nitrogen and oxygen atoms in total. The Balaban J connectivity index is 1.58. The number of carbonyl (C=O) groups is 2. The Hall–Kier alpha value is -3.86. The van der Waals surface area contributed by atoms with E-state index in [-0.39, 0.29) is 27.8 Å². The monoisotopic (exact) mass is 471 g/mol. The minimum absolute atomic E-state index is 0.0164. The predicted molar refractivity (Wildman–Crippen MR) is 120 cm³/mol. The maximum Gasteiger partial charge on any atom is 0.280 e. The SMILES string of the molecule is Cc1ccccc1OCn1ccc(C(=O)Nc2c(C(N)=O)sc3nc(C(F)F)cc(C)c23)n1. The van der Waals surface area contributed by atoms with E-state index >= 15 is 0 Å². The molecule has 0 spiro atoms. The maximum atomic E-state index is 13.1. The van der Waals surface area contributed by atoms with Crippen LogP contribution in [-0.2, 0) is 6.73 Å². The summed E-state index contributed by atoms with van der Waals surface area (Å²) in [7, 11) is 0. The summed E-state index contributed by atoms with van der Waals surface area (Å²) >= 11 is 0.848. The Bertz CT molecular complexity index is 1370. The van der Waals surface area contributed by atoms with Crippen LogP contribution in [0.4, 0.5) is 14.5 Å². The highest BCUT2D eigenvalue weighted by molar-refractivity contribution is 7.21. The van der Waals surface area contributed by atoms with Crippen molar-refractivity contribution in [2.24, 2.45) is 5.73 Å². The van der Waals surface area contributed by atoms with E-state index in [9.17, 15) is 18.4 Å². The van der Waals surface area contributed by atoms with Crippen molar-refractivity contribution in [1.82, 2.24) is 14.8 Å². The predicted octanol–water partition coefficient (Wildman–Crippen LogP) is 4.43. The largest absolute Gasteiger partial charge is 0.471 e. The fourth-order valence-electron chi connectivity index (χ4n) is 3.30. The summed E-state index contributed by atoms with van der Waals surface area (Å²) in [6.07, 6.45) is -1.19. The molecule has 0 saturated carbocycles. The normalized spacial score (nSPS) is 11.2. The first-order chi connectivity index (χ1) is 15.7. The zero-order chi connectivity index (χ0) is 23.7. The molecule has 0 atom stereocenters. The number of alkyl halides is 2. The van der Waals surface area contributed by atoms with Gasteiger partial charge in [-0.05, 0) is 43.2 Å². The lowest BCUT2D eigenvalue weighted by Crippen LogP contribution is -2.18. The molecule has 11 heteroatoms. The fraction of sp³-hybridized carbons (Fsp3) is 0.182. The summed E-state index contributed by atoms with van der Waals surface area (Å²) in [5.41, 5.74) is 6.65. The van der Waals surface area contributed by atoms with E-state index in [1.54, 1.807) is 13.1 Å². The molecule has 4 rings (SSSR count). The summed E-state index contributed by atoms with van der Waals surface area (Å²) in [6, 6.07) is 10.2. The second-order valence-corrected chi connectivity index (χ2v) is 8.25. The Labute approximate surface area is 191 Å². The molecule has 3 N–H and O–H groups in total. The minimum atomic E-state index is -2.77.